The number of aliphatic hydroxyl groups is 1. The minimum Gasteiger partial charge on any atom is -0.479 e. The van der Waals surface area contributed by atoms with E-state index in [1.807, 2.05) is 6.92 Å². The van der Waals surface area contributed by atoms with Crippen molar-refractivity contribution in [2.24, 2.45) is 0 Å². The lowest BCUT2D eigenvalue weighted by Crippen LogP contribution is -2.30. The first-order valence-electron chi connectivity index (χ1n) is 5.10. The molecule has 0 aliphatic heterocycles. The third-order valence-corrected chi connectivity index (χ3v) is 1.86. The maximum Gasteiger partial charge on any atom is 0.332 e. The smallest absolute Gasteiger partial charge is 0.332 e. The van der Waals surface area contributed by atoms with Gasteiger partial charge < -0.3 is 24.4 Å². The van der Waals surface area contributed by atoms with Gasteiger partial charge in [0, 0.05) is 7.11 Å². The largest absolute Gasteiger partial charge is 0.479 e. The van der Waals surface area contributed by atoms with Crippen molar-refractivity contribution in [3.63, 3.8) is 0 Å². The van der Waals surface area contributed by atoms with Gasteiger partial charge in [0.2, 0.25) is 0 Å². The highest BCUT2D eigenvalue weighted by molar-refractivity contribution is 5.71. The van der Waals surface area contributed by atoms with Crippen molar-refractivity contribution in [3.05, 3.63) is 0 Å². The number of carbonyl (C=O) groups is 1. The molecule has 16 heavy (non-hydrogen) atoms. The molecule has 0 fully saturated rings. The number of ether oxygens (including phenoxy) is 3. The lowest BCUT2D eigenvalue weighted by molar-refractivity contribution is -0.152. The zero-order chi connectivity index (χ0) is 12.6. The summed E-state index contributed by atoms with van der Waals surface area (Å²) in [7, 11) is 1.56. The van der Waals surface area contributed by atoms with E-state index in [0.29, 0.717) is 6.61 Å². The Kier molecular flexibility index (Phi) is 8.10. The van der Waals surface area contributed by atoms with Gasteiger partial charge in [-0.05, 0) is 13.8 Å². The Morgan fingerprint density at radius 3 is 2.25 bits per heavy atom. The maximum absolute atomic E-state index is 10.4. The van der Waals surface area contributed by atoms with Crippen LogP contribution in [0.4, 0.5) is 0 Å². The minimum absolute atomic E-state index is 0.0623. The second-order valence-corrected chi connectivity index (χ2v) is 3.57. The zero-order valence-corrected chi connectivity index (χ0v) is 9.88. The van der Waals surface area contributed by atoms with Gasteiger partial charge in [0.15, 0.2) is 6.10 Å². The molecule has 0 spiro atoms. The van der Waals surface area contributed by atoms with Gasteiger partial charge in [0.05, 0.1) is 25.9 Å². The summed E-state index contributed by atoms with van der Waals surface area (Å²) in [5.74, 6) is -1.05. The van der Waals surface area contributed by atoms with Crippen molar-refractivity contribution in [2.75, 3.05) is 26.9 Å². The van der Waals surface area contributed by atoms with E-state index in [-0.39, 0.29) is 19.3 Å². The van der Waals surface area contributed by atoms with E-state index < -0.39 is 18.2 Å². The summed E-state index contributed by atoms with van der Waals surface area (Å²) < 4.78 is 15.0. The first-order chi connectivity index (χ1) is 7.47. The number of carboxylic acids is 1. The number of aliphatic carboxylic acids is 1. The first-order valence-corrected chi connectivity index (χ1v) is 5.10. The van der Waals surface area contributed by atoms with E-state index in [1.165, 1.54) is 6.92 Å². The predicted octanol–water partition coefficient (Wildman–Crippen LogP) is -0.111. The normalized spacial score (nSPS) is 16.8. The fourth-order valence-corrected chi connectivity index (χ4v) is 0.933. The molecule has 0 amide bonds. The summed E-state index contributed by atoms with van der Waals surface area (Å²) >= 11 is 0. The van der Waals surface area contributed by atoms with Gasteiger partial charge in [-0.25, -0.2) is 4.79 Å². The minimum atomic E-state index is -1.05. The van der Waals surface area contributed by atoms with Crippen LogP contribution in [0.3, 0.4) is 0 Å². The predicted molar refractivity (Wildman–Crippen MR) is 56.3 cm³/mol. The van der Waals surface area contributed by atoms with Gasteiger partial charge in [-0.15, -0.1) is 0 Å². The molecule has 0 aliphatic carbocycles. The van der Waals surface area contributed by atoms with Crippen LogP contribution in [0.5, 0.6) is 0 Å². The van der Waals surface area contributed by atoms with E-state index in [1.54, 1.807) is 7.11 Å². The highest BCUT2D eigenvalue weighted by atomic mass is 16.5. The third kappa shape index (κ3) is 7.58. The summed E-state index contributed by atoms with van der Waals surface area (Å²) in [6, 6.07) is 0. The number of carboxylic acid groups (broad SMARTS) is 1. The van der Waals surface area contributed by atoms with Crippen LogP contribution in [-0.4, -0.2) is 61.4 Å². The van der Waals surface area contributed by atoms with E-state index in [2.05, 4.69) is 0 Å². The molecule has 0 aromatic heterocycles. The average molecular weight is 236 g/mol. The molecule has 2 N–H and O–H groups in total. The number of methoxy groups -OCH3 is 1. The van der Waals surface area contributed by atoms with E-state index >= 15 is 0 Å². The first kappa shape index (κ1) is 15.3. The zero-order valence-electron chi connectivity index (χ0n) is 9.88. The van der Waals surface area contributed by atoms with Crippen LogP contribution in [-0.2, 0) is 19.0 Å². The molecule has 0 saturated heterocycles. The molecule has 0 saturated carbocycles. The molecule has 0 heterocycles. The number of hydrogen-bond acceptors (Lipinski definition) is 5. The van der Waals surface area contributed by atoms with Crippen LogP contribution >= 0.6 is 0 Å². The molecular formula is C10H20O6. The van der Waals surface area contributed by atoms with Crippen molar-refractivity contribution in [1.82, 2.24) is 0 Å². The molecule has 2 unspecified atom stereocenters. The van der Waals surface area contributed by atoms with Gasteiger partial charge in [-0.1, -0.05) is 0 Å². The number of rotatable bonds is 9. The second kappa shape index (κ2) is 8.46. The highest BCUT2D eigenvalue weighted by Gasteiger charge is 2.14. The monoisotopic (exact) mass is 236 g/mol. The Balaban J connectivity index is 3.58. The van der Waals surface area contributed by atoms with Crippen molar-refractivity contribution in [3.8, 4) is 0 Å². The van der Waals surface area contributed by atoms with E-state index in [4.69, 9.17) is 19.3 Å². The lowest BCUT2D eigenvalue weighted by Gasteiger charge is -2.17. The average Bonchev–Trinajstić information content (AvgIpc) is 2.23. The van der Waals surface area contributed by atoms with Gasteiger partial charge in [-0.3, -0.25) is 0 Å². The Morgan fingerprint density at radius 2 is 1.75 bits per heavy atom. The van der Waals surface area contributed by atoms with E-state index in [9.17, 15) is 9.90 Å². The van der Waals surface area contributed by atoms with Crippen LogP contribution in [0, 0.1) is 0 Å². The molecule has 0 rings (SSSR count). The fourth-order valence-electron chi connectivity index (χ4n) is 0.933. The molecule has 0 aliphatic rings. The van der Waals surface area contributed by atoms with Crippen molar-refractivity contribution in [1.29, 1.82) is 0 Å². The molecule has 96 valence electrons. The fraction of sp³-hybridized carbons (Fsp3) is 0.900. The van der Waals surface area contributed by atoms with Crippen LogP contribution in [0.15, 0.2) is 0 Å². The summed E-state index contributed by atoms with van der Waals surface area (Å²) in [5.41, 5.74) is 0. The van der Waals surface area contributed by atoms with Crippen molar-refractivity contribution in [2.45, 2.75) is 32.2 Å². The summed E-state index contributed by atoms with van der Waals surface area (Å²) in [5, 5.41) is 17.9. The van der Waals surface area contributed by atoms with Crippen LogP contribution in [0.2, 0.25) is 0 Å². The molecule has 6 heteroatoms. The third-order valence-electron chi connectivity index (χ3n) is 1.86. The topological polar surface area (TPSA) is 85.2 Å². The Bertz CT molecular complexity index is 196. The number of aliphatic hydroxyl groups excluding tert-OH is 1. The van der Waals surface area contributed by atoms with Crippen molar-refractivity contribution < 1.29 is 29.2 Å². The Morgan fingerprint density at radius 1 is 1.19 bits per heavy atom. The molecule has 0 radical (unpaired) electrons. The van der Waals surface area contributed by atoms with Gasteiger partial charge in [0.1, 0.15) is 6.10 Å². The van der Waals surface area contributed by atoms with Crippen LogP contribution in [0.25, 0.3) is 0 Å². The van der Waals surface area contributed by atoms with Gasteiger partial charge in [-0.2, -0.15) is 0 Å². The second-order valence-electron chi connectivity index (χ2n) is 3.57. The lowest BCUT2D eigenvalue weighted by atomic mass is 10.3. The molecule has 0 bridgehead atoms. The van der Waals surface area contributed by atoms with Gasteiger partial charge in [0.25, 0.3) is 0 Å². The quantitative estimate of drug-likeness (QED) is 0.581. The Labute approximate surface area is 95.1 Å². The summed E-state index contributed by atoms with van der Waals surface area (Å²) in [6.07, 6.45) is -1.87. The van der Waals surface area contributed by atoms with E-state index in [0.717, 1.165) is 0 Å². The molecule has 0 aromatic rings. The van der Waals surface area contributed by atoms with Crippen LogP contribution < -0.4 is 0 Å². The molecule has 3 atom stereocenters. The highest BCUT2D eigenvalue weighted by Crippen LogP contribution is 1.97. The van der Waals surface area contributed by atoms with Gasteiger partial charge >= 0.3 is 5.97 Å². The molecule has 0 aromatic carbocycles. The maximum atomic E-state index is 10.4. The standard InChI is InChI=1S/C10H20O6/c1-7(4-14-3)15-5-9(11)6-16-8(2)10(12)13/h7-9,11H,4-6H2,1-3H3,(H,12,13)/t7?,8-,9?/m1/s1. The summed E-state index contributed by atoms with van der Waals surface area (Å²) in [4.78, 5) is 10.4. The SMILES string of the molecule is COCC(C)OCC(O)CO[C@H](C)C(=O)O. The Hall–Kier alpha value is -0.690. The molecular weight excluding hydrogens is 216 g/mol. The molecule has 6 nitrogen and oxygen atoms in total. The number of hydrogen-bond donors (Lipinski definition) is 2. The van der Waals surface area contributed by atoms with Crippen molar-refractivity contribution >= 4 is 5.97 Å². The summed E-state index contributed by atoms with van der Waals surface area (Å²) in [6.45, 7) is 3.70. The van der Waals surface area contributed by atoms with Crippen LogP contribution in [0.1, 0.15) is 13.8 Å².